The lowest BCUT2D eigenvalue weighted by molar-refractivity contribution is -0.0479. The molecule has 152 valence electrons. The summed E-state index contributed by atoms with van der Waals surface area (Å²) in [5, 5.41) is 0. The van der Waals surface area contributed by atoms with Gasteiger partial charge in [0.25, 0.3) is 5.91 Å². The van der Waals surface area contributed by atoms with E-state index in [0.29, 0.717) is 24.5 Å². The van der Waals surface area contributed by atoms with Crippen LogP contribution in [0.3, 0.4) is 0 Å². The largest absolute Gasteiger partial charge is 0.496 e. The van der Waals surface area contributed by atoms with Crippen molar-refractivity contribution in [2.75, 3.05) is 33.4 Å². The number of para-hydroxylation sites is 1. The van der Waals surface area contributed by atoms with E-state index in [2.05, 4.69) is 18.7 Å². The van der Waals surface area contributed by atoms with Crippen LogP contribution in [-0.2, 0) is 11.3 Å². The summed E-state index contributed by atoms with van der Waals surface area (Å²) in [4.78, 5) is 17.5. The number of ether oxygens (including phenoxy) is 2. The zero-order valence-corrected chi connectivity index (χ0v) is 17.0. The number of rotatable bonds is 8. The van der Waals surface area contributed by atoms with Crippen LogP contribution in [-0.4, -0.2) is 61.2 Å². The molecule has 6 heteroatoms. The number of amides is 1. The van der Waals surface area contributed by atoms with Crippen molar-refractivity contribution in [2.45, 2.75) is 39.0 Å². The third-order valence-corrected chi connectivity index (χ3v) is 5.30. The molecule has 2 atom stereocenters. The van der Waals surface area contributed by atoms with Gasteiger partial charge in [-0.15, -0.1) is 0 Å². The standard InChI is InChI=1S/C22H30N2O4/c1-4-17(2)24(22(25)20-9-5-6-10-21(20)26-3)16-19-15-23(11-13-28-19)14-18-8-7-12-27-18/h5-10,12,17,19H,4,11,13-16H2,1-3H3. The molecule has 28 heavy (non-hydrogen) atoms. The van der Waals surface area contributed by atoms with E-state index in [1.807, 2.05) is 41.3 Å². The highest BCUT2D eigenvalue weighted by Gasteiger charge is 2.29. The first-order valence-corrected chi connectivity index (χ1v) is 9.92. The molecule has 1 aromatic carbocycles. The summed E-state index contributed by atoms with van der Waals surface area (Å²) in [5.41, 5.74) is 0.591. The molecule has 0 N–H and O–H groups in total. The maximum Gasteiger partial charge on any atom is 0.257 e. The van der Waals surface area contributed by atoms with Crippen LogP contribution in [0.15, 0.2) is 47.1 Å². The number of carbonyl (C=O) groups excluding carboxylic acids is 1. The molecule has 1 fully saturated rings. The Morgan fingerprint density at radius 2 is 2.14 bits per heavy atom. The van der Waals surface area contributed by atoms with Crippen molar-refractivity contribution in [1.29, 1.82) is 0 Å². The van der Waals surface area contributed by atoms with Crippen molar-refractivity contribution >= 4 is 5.91 Å². The second kappa shape index (κ2) is 9.75. The number of benzene rings is 1. The van der Waals surface area contributed by atoms with Gasteiger partial charge in [0.15, 0.2) is 0 Å². The Morgan fingerprint density at radius 1 is 1.32 bits per heavy atom. The van der Waals surface area contributed by atoms with Gasteiger partial charge in [-0.2, -0.15) is 0 Å². The lowest BCUT2D eigenvalue weighted by atomic mass is 10.1. The molecule has 6 nitrogen and oxygen atoms in total. The fourth-order valence-electron chi connectivity index (χ4n) is 3.54. The number of hydrogen-bond donors (Lipinski definition) is 0. The number of morpholine rings is 1. The normalized spacial score (nSPS) is 18.6. The molecule has 1 saturated heterocycles. The Bertz CT molecular complexity index is 747. The van der Waals surface area contributed by atoms with E-state index in [-0.39, 0.29) is 18.1 Å². The van der Waals surface area contributed by atoms with E-state index in [9.17, 15) is 4.79 Å². The molecule has 1 aliphatic rings. The lowest BCUT2D eigenvalue weighted by Crippen LogP contribution is -2.50. The van der Waals surface area contributed by atoms with E-state index in [0.717, 1.165) is 31.8 Å². The van der Waals surface area contributed by atoms with Crippen LogP contribution < -0.4 is 4.74 Å². The summed E-state index contributed by atoms with van der Waals surface area (Å²) in [6.07, 6.45) is 2.55. The summed E-state index contributed by atoms with van der Waals surface area (Å²) in [6.45, 7) is 7.78. The molecule has 2 heterocycles. The van der Waals surface area contributed by atoms with E-state index in [1.165, 1.54) is 0 Å². The third kappa shape index (κ3) is 4.94. The minimum Gasteiger partial charge on any atom is -0.496 e. The number of carbonyl (C=O) groups is 1. The van der Waals surface area contributed by atoms with Crippen LogP contribution in [0, 0.1) is 0 Å². The average molecular weight is 386 g/mol. The fraction of sp³-hybridized carbons (Fsp3) is 0.500. The van der Waals surface area contributed by atoms with Gasteiger partial charge in [-0.05, 0) is 37.6 Å². The van der Waals surface area contributed by atoms with Gasteiger partial charge in [0.05, 0.1) is 38.2 Å². The van der Waals surface area contributed by atoms with Gasteiger partial charge >= 0.3 is 0 Å². The molecule has 0 aliphatic carbocycles. The summed E-state index contributed by atoms with van der Waals surface area (Å²) in [7, 11) is 1.59. The second-order valence-corrected chi connectivity index (χ2v) is 7.22. The predicted octanol–water partition coefficient (Wildman–Crippen LogP) is 3.43. The van der Waals surface area contributed by atoms with Gasteiger partial charge < -0.3 is 18.8 Å². The molecular formula is C22H30N2O4. The highest BCUT2D eigenvalue weighted by molar-refractivity contribution is 5.97. The number of methoxy groups -OCH3 is 1. The summed E-state index contributed by atoms with van der Waals surface area (Å²) in [6, 6.07) is 11.4. The Kier molecular flexibility index (Phi) is 7.12. The Morgan fingerprint density at radius 3 is 2.86 bits per heavy atom. The smallest absolute Gasteiger partial charge is 0.257 e. The minimum absolute atomic E-state index is 0.0152. The average Bonchev–Trinajstić information content (AvgIpc) is 3.24. The molecule has 1 amide bonds. The molecule has 2 unspecified atom stereocenters. The monoisotopic (exact) mass is 386 g/mol. The molecule has 0 spiro atoms. The first-order valence-electron chi connectivity index (χ1n) is 9.92. The van der Waals surface area contributed by atoms with Crippen LogP contribution in [0.4, 0.5) is 0 Å². The van der Waals surface area contributed by atoms with Gasteiger partial charge in [0.2, 0.25) is 0 Å². The van der Waals surface area contributed by atoms with Crippen LogP contribution in [0.1, 0.15) is 36.4 Å². The van der Waals surface area contributed by atoms with Gasteiger partial charge in [0, 0.05) is 25.7 Å². The number of nitrogens with zero attached hydrogens (tertiary/aromatic N) is 2. The van der Waals surface area contributed by atoms with Gasteiger partial charge in [-0.1, -0.05) is 19.1 Å². The van der Waals surface area contributed by atoms with Crippen molar-refractivity contribution in [2.24, 2.45) is 0 Å². The zero-order chi connectivity index (χ0) is 19.9. The van der Waals surface area contributed by atoms with E-state index in [4.69, 9.17) is 13.9 Å². The van der Waals surface area contributed by atoms with Gasteiger partial charge in [-0.3, -0.25) is 9.69 Å². The summed E-state index contributed by atoms with van der Waals surface area (Å²) >= 11 is 0. The maximum atomic E-state index is 13.3. The minimum atomic E-state index is -0.0311. The third-order valence-electron chi connectivity index (χ3n) is 5.30. The van der Waals surface area contributed by atoms with Crippen molar-refractivity contribution < 1.29 is 18.7 Å². The Hall–Kier alpha value is -2.31. The SMILES string of the molecule is CCC(C)N(CC1CN(Cc2ccco2)CCO1)C(=O)c1ccccc1OC. The zero-order valence-electron chi connectivity index (χ0n) is 17.0. The molecule has 0 radical (unpaired) electrons. The van der Waals surface area contributed by atoms with Crippen LogP contribution in [0.25, 0.3) is 0 Å². The van der Waals surface area contributed by atoms with E-state index in [1.54, 1.807) is 13.4 Å². The summed E-state index contributed by atoms with van der Waals surface area (Å²) in [5.74, 6) is 1.54. The fourth-order valence-corrected chi connectivity index (χ4v) is 3.54. The number of furan rings is 1. The van der Waals surface area contributed by atoms with Crippen molar-refractivity contribution in [3.05, 3.63) is 54.0 Å². The highest BCUT2D eigenvalue weighted by Crippen LogP contribution is 2.22. The topological polar surface area (TPSA) is 55.2 Å². The van der Waals surface area contributed by atoms with Crippen molar-refractivity contribution in [3.63, 3.8) is 0 Å². The molecule has 3 rings (SSSR count). The van der Waals surface area contributed by atoms with E-state index >= 15 is 0 Å². The molecule has 2 aromatic rings. The lowest BCUT2D eigenvalue weighted by Gasteiger charge is -2.37. The molecule has 0 saturated carbocycles. The molecule has 0 bridgehead atoms. The molecule has 1 aromatic heterocycles. The first-order chi connectivity index (χ1) is 13.6. The maximum absolute atomic E-state index is 13.3. The van der Waals surface area contributed by atoms with E-state index < -0.39 is 0 Å². The van der Waals surface area contributed by atoms with Crippen molar-refractivity contribution in [3.8, 4) is 5.75 Å². The summed E-state index contributed by atoms with van der Waals surface area (Å²) < 4.78 is 16.9. The van der Waals surface area contributed by atoms with Crippen LogP contribution in [0.5, 0.6) is 5.75 Å². The first kappa shape index (κ1) is 20.4. The van der Waals surface area contributed by atoms with Crippen LogP contribution in [0.2, 0.25) is 0 Å². The highest BCUT2D eigenvalue weighted by atomic mass is 16.5. The second-order valence-electron chi connectivity index (χ2n) is 7.22. The number of hydrogen-bond acceptors (Lipinski definition) is 5. The molecule has 1 aliphatic heterocycles. The van der Waals surface area contributed by atoms with Crippen molar-refractivity contribution in [1.82, 2.24) is 9.80 Å². The predicted molar refractivity (Wildman–Crippen MR) is 108 cm³/mol. The Balaban J connectivity index is 1.70. The Labute approximate surface area is 167 Å². The quantitative estimate of drug-likeness (QED) is 0.696. The molecular weight excluding hydrogens is 356 g/mol. The van der Waals surface area contributed by atoms with Gasteiger partial charge in [-0.25, -0.2) is 0 Å². The van der Waals surface area contributed by atoms with Gasteiger partial charge in [0.1, 0.15) is 11.5 Å². The van der Waals surface area contributed by atoms with Crippen LogP contribution >= 0.6 is 0 Å².